The van der Waals surface area contributed by atoms with Gasteiger partial charge in [0.1, 0.15) is 5.02 Å². The van der Waals surface area contributed by atoms with Crippen LogP contribution >= 0.6 is 23.4 Å². The normalized spacial score (nSPS) is 12.5. The molecule has 1 heterocycles. The molecule has 14 heavy (non-hydrogen) atoms. The first-order valence-electron chi connectivity index (χ1n) is 4.15. The second kappa shape index (κ2) is 5.26. The largest absolute Gasteiger partial charge is 0.368 e. The summed E-state index contributed by atoms with van der Waals surface area (Å²) in [5, 5.41) is 3.58. The molecule has 0 amide bonds. The summed E-state index contributed by atoms with van der Waals surface area (Å²) in [5.41, 5.74) is -0.319. The predicted octanol–water partition coefficient (Wildman–Crippen LogP) is 1.59. The number of halogens is 1. The minimum atomic E-state index is -0.319. The zero-order chi connectivity index (χ0) is 10.6. The summed E-state index contributed by atoms with van der Waals surface area (Å²) in [5.74, 6) is 0.441. The smallest absolute Gasteiger partial charge is 0.271 e. The molecule has 2 N–H and O–H groups in total. The van der Waals surface area contributed by atoms with Crippen LogP contribution in [-0.2, 0) is 0 Å². The van der Waals surface area contributed by atoms with E-state index in [1.54, 1.807) is 11.8 Å². The van der Waals surface area contributed by atoms with Gasteiger partial charge < -0.3 is 10.3 Å². The molecule has 1 atom stereocenters. The number of hydrogen-bond donors (Lipinski definition) is 2. The highest BCUT2D eigenvalue weighted by Crippen LogP contribution is 2.13. The molecule has 0 aliphatic rings. The van der Waals surface area contributed by atoms with Gasteiger partial charge in [-0.3, -0.25) is 4.79 Å². The van der Waals surface area contributed by atoms with E-state index in [9.17, 15) is 4.79 Å². The van der Waals surface area contributed by atoms with Crippen LogP contribution in [0.1, 0.15) is 6.92 Å². The van der Waals surface area contributed by atoms with Crippen molar-refractivity contribution in [1.82, 2.24) is 9.97 Å². The Bertz CT molecular complexity index is 355. The highest BCUT2D eigenvalue weighted by Gasteiger charge is 2.06. The van der Waals surface area contributed by atoms with Crippen molar-refractivity contribution in [2.45, 2.75) is 12.2 Å². The van der Waals surface area contributed by atoms with Gasteiger partial charge in [0.25, 0.3) is 5.56 Å². The fourth-order valence-electron chi connectivity index (χ4n) is 0.830. The highest BCUT2D eigenvalue weighted by atomic mass is 35.5. The molecule has 1 aromatic heterocycles. The van der Waals surface area contributed by atoms with Crippen LogP contribution < -0.4 is 10.9 Å². The second-order valence-electron chi connectivity index (χ2n) is 2.82. The van der Waals surface area contributed by atoms with E-state index in [2.05, 4.69) is 22.2 Å². The summed E-state index contributed by atoms with van der Waals surface area (Å²) < 4.78 is 0. The number of aromatic nitrogens is 2. The number of nitrogens with zero attached hydrogens (tertiary/aromatic N) is 1. The van der Waals surface area contributed by atoms with Crippen LogP contribution in [0.25, 0.3) is 0 Å². The van der Waals surface area contributed by atoms with Gasteiger partial charge in [-0.2, -0.15) is 11.8 Å². The molecule has 6 heteroatoms. The minimum absolute atomic E-state index is 0.112. The third-order valence-electron chi connectivity index (χ3n) is 1.76. The minimum Gasteiger partial charge on any atom is -0.368 e. The van der Waals surface area contributed by atoms with Gasteiger partial charge in [-0.1, -0.05) is 18.5 Å². The van der Waals surface area contributed by atoms with Crippen LogP contribution in [0.4, 0.5) is 5.82 Å². The van der Waals surface area contributed by atoms with E-state index in [1.165, 1.54) is 6.33 Å². The van der Waals surface area contributed by atoms with E-state index in [0.29, 0.717) is 11.1 Å². The molecule has 0 aromatic carbocycles. The van der Waals surface area contributed by atoms with Crippen molar-refractivity contribution in [1.29, 1.82) is 0 Å². The van der Waals surface area contributed by atoms with Crippen molar-refractivity contribution in [3.63, 3.8) is 0 Å². The number of anilines is 1. The first-order chi connectivity index (χ1) is 6.65. The number of rotatable bonds is 4. The van der Waals surface area contributed by atoms with Crippen molar-refractivity contribution >= 4 is 29.2 Å². The first-order valence-corrected chi connectivity index (χ1v) is 5.81. The van der Waals surface area contributed by atoms with Gasteiger partial charge in [-0.05, 0) is 6.26 Å². The number of hydrogen-bond acceptors (Lipinski definition) is 4. The van der Waals surface area contributed by atoms with Gasteiger partial charge >= 0.3 is 0 Å². The van der Waals surface area contributed by atoms with Crippen LogP contribution in [0.2, 0.25) is 5.02 Å². The van der Waals surface area contributed by atoms with Gasteiger partial charge in [-0.15, -0.1) is 0 Å². The lowest BCUT2D eigenvalue weighted by Gasteiger charge is -2.10. The molecule has 0 bridgehead atoms. The highest BCUT2D eigenvalue weighted by molar-refractivity contribution is 7.99. The molecule has 78 valence electrons. The Kier molecular flexibility index (Phi) is 4.28. The summed E-state index contributed by atoms with van der Waals surface area (Å²) in [6.45, 7) is 2.82. The molecule has 0 spiro atoms. The molecule has 0 saturated heterocycles. The summed E-state index contributed by atoms with van der Waals surface area (Å²) in [4.78, 5) is 17.4. The number of H-pyrrole nitrogens is 1. The summed E-state index contributed by atoms with van der Waals surface area (Å²) in [6.07, 6.45) is 3.36. The monoisotopic (exact) mass is 233 g/mol. The van der Waals surface area contributed by atoms with E-state index in [1.807, 2.05) is 6.26 Å². The van der Waals surface area contributed by atoms with Gasteiger partial charge in [0.05, 0.1) is 6.33 Å². The molecule has 0 fully saturated rings. The third-order valence-corrected chi connectivity index (χ3v) is 3.08. The van der Waals surface area contributed by atoms with Crippen LogP contribution in [-0.4, -0.2) is 28.0 Å². The van der Waals surface area contributed by atoms with Crippen molar-refractivity contribution in [2.24, 2.45) is 0 Å². The fourth-order valence-corrected chi connectivity index (χ4v) is 1.25. The lowest BCUT2D eigenvalue weighted by atomic mass is 10.4. The summed E-state index contributed by atoms with van der Waals surface area (Å²) >= 11 is 7.48. The molecule has 4 nitrogen and oxygen atoms in total. The van der Waals surface area contributed by atoms with Crippen molar-refractivity contribution < 1.29 is 0 Å². The van der Waals surface area contributed by atoms with Gasteiger partial charge in [0.15, 0.2) is 5.82 Å². The SMILES string of the molecule is CSC(C)CNc1nc[nH]c(=O)c1Cl. The number of nitrogens with one attached hydrogen (secondary N) is 2. The standard InChI is InChI=1S/C8H12ClN3OS/c1-5(14-2)3-10-7-6(9)8(13)12-4-11-7/h4-5H,3H2,1-2H3,(H2,10,11,12,13). The molecule has 0 radical (unpaired) electrons. The molecule has 0 aliphatic carbocycles. The lowest BCUT2D eigenvalue weighted by Crippen LogP contribution is -2.17. The zero-order valence-electron chi connectivity index (χ0n) is 8.00. The van der Waals surface area contributed by atoms with E-state index < -0.39 is 0 Å². The Morgan fingerprint density at radius 3 is 3.14 bits per heavy atom. The number of aromatic amines is 1. The third kappa shape index (κ3) is 2.92. The predicted molar refractivity (Wildman–Crippen MR) is 61.3 cm³/mol. The van der Waals surface area contributed by atoms with Gasteiger partial charge in [0.2, 0.25) is 0 Å². The van der Waals surface area contributed by atoms with Crippen molar-refractivity contribution in [3.05, 3.63) is 21.7 Å². The Morgan fingerprint density at radius 2 is 2.50 bits per heavy atom. The second-order valence-corrected chi connectivity index (χ2v) is 4.48. The van der Waals surface area contributed by atoms with Crippen molar-refractivity contribution in [3.8, 4) is 0 Å². The molecule has 0 aliphatic heterocycles. The molecular formula is C8H12ClN3OS. The van der Waals surface area contributed by atoms with E-state index in [0.717, 1.165) is 6.54 Å². The molecular weight excluding hydrogens is 222 g/mol. The Balaban J connectivity index is 2.68. The van der Waals surface area contributed by atoms with Crippen molar-refractivity contribution in [2.75, 3.05) is 18.1 Å². The zero-order valence-corrected chi connectivity index (χ0v) is 9.58. The molecule has 0 saturated carbocycles. The fraction of sp³-hybridized carbons (Fsp3) is 0.500. The summed E-state index contributed by atoms with van der Waals surface area (Å²) in [6, 6.07) is 0. The van der Waals surface area contributed by atoms with Crippen LogP contribution in [0.5, 0.6) is 0 Å². The average molecular weight is 234 g/mol. The lowest BCUT2D eigenvalue weighted by molar-refractivity contribution is 0.981. The van der Waals surface area contributed by atoms with Gasteiger partial charge in [0, 0.05) is 11.8 Å². The maximum Gasteiger partial charge on any atom is 0.271 e. The van der Waals surface area contributed by atoms with Crippen LogP contribution in [0, 0.1) is 0 Å². The number of thioether (sulfide) groups is 1. The molecule has 1 aromatic rings. The quantitative estimate of drug-likeness (QED) is 0.829. The Labute approximate surface area is 91.5 Å². The van der Waals surface area contributed by atoms with Gasteiger partial charge in [-0.25, -0.2) is 4.98 Å². The molecule has 1 unspecified atom stereocenters. The molecule has 1 rings (SSSR count). The summed E-state index contributed by atoms with van der Waals surface area (Å²) in [7, 11) is 0. The van der Waals surface area contributed by atoms with E-state index >= 15 is 0 Å². The average Bonchev–Trinajstić information content (AvgIpc) is 2.20. The maximum absolute atomic E-state index is 11.1. The topological polar surface area (TPSA) is 57.8 Å². The maximum atomic E-state index is 11.1. The Morgan fingerprint density at radius 1 is 1.79 bits per heavy atom. The van der Waals surface area contributed by atoms with E-state index in [-0.39, 0.29) is 10.6 Å². The van der Waals surface area contributed by atoms with Crippen LogP contribution in [0.15, 0.2) is 11.1 Å². The Hall–Kier alpha value is -0.680. The van der Waals surface area contributed by atoms with E-state index in [4.69, 9.17) is 11.6 Å². The van der Waals surface area contributed by atoms with Crippen LogP contribution in [0.3, 0.4) is 0 Å². The first kappa shape index (κ1) is 11.4.